The predicted octanol–water partition coefficient (Wildman–Crippen LogP) is 4.72. The van der Waals surface area contributed by atoms with Crippen LogP contribution in [0.5, 0.6) is 11.5 Å². The van der Waals surface area contributed by atoms with E-state index in [4.69, 9.17) is 26.1 Å². The number of imidazole rings is 1. The third-order valence-electron chi connectivity index (χ3n) is 6.01. The van der Waals surface area contributed by atoms with E-state index < -0.39 is 0 Å². The zero-order valence-corrected chi connectivity index (χ0v) is 20.5. The highest BCUT2D eigenvalue weighted by Gasteiger charge is 2.20. The van der Waals surface area contributed by atoms with Crippen LogP contribution in [0.2, 0.25) is 5.02 Å². The molecule has 1 atom stereocenters. The number of ether oxygens (including phenoxy) is 2. The van der Waals surface area contributed by atoms with E-state index in [1.807, 2.05) is 48.9 Å². The quantitative estimate of drug-likeness (QED) is 0.365. The first-order chi connectivity index (χ1) is 17.5. The SMILES string of the molecule is C[C@H]1CN(c2ncc3ncnc(Nc4ccc(Oc5ccc6c(c5)ncn6C)c(Cl)c4)c3n2)CCO1. The van der Waals surface area contributed by atoms with Gasteiger partial charge in [0.25, 0.3) is 0 Å². The topological polar surface area (TPSA) is 103 Å². The molecule has 36 heavy (non-hydrogen) atoms. The van der Waals surface area contributed by atoms with Crippen LogP contribution < -0.4 is 15.0 Å². The summed E-state index contributed by atoms with van der Waals surface area (Å²) in [6, 6.07) is 11.2. The van der Waals surface area contributed by atoms with E-state index in [1.54, 1.807) is 18.6 Å². The van der Waals surface area contributed by atoms with Gasteiger partial charge in [-0.2, -0.15) is 0 Å². The van der Waals surface area contributed by atoms with Crippen molar-refractivity contribution in [2.45, 2.75) is 13.0 Å². The van der Waals surface area contributed by atoms with Gasteiger partial charge in [0, 0.05) is 31.9 Å². The molecule has 0 unspecified atom stereocenters. The van der Waals surface area contributed by atoms with Crippen molar-refractivity contribution in [1.82, 2.24) is 29.5 Å². The number of nitrogens with one attached hydrogen (secondary N) is 1. The molecule has 1 fully saturated rings. The number of morpholine rings is 1. The molecule has 0 amide bonds. The molecule has 4 heterocycles. The third-order valence-corrected chi connectivity index (χ3v) is 6.30. The number of halogens is 1. The van der Waals surface area contributed by atoms with Gasteiger partial charge in [-0.3, -0.25) is 0 Å². The average Bonchev–Trinajstić information content (AvgIpc) is 3.25. The predicted molar refractivity (Wildman–Crippen MR) is 138 cm³/mol. The Morgan fingerprint density at radius 3 is 2.86 bits per heavy atom. The van der Waals surface area contributed by atoms with E-state index in [-0.39, 0.29) is 6.10 Å². The minimum atomic E-state index is 0.122. The number of aryl methyl sites for hydroxylation is 1. The Bertz CT molecular complexity index is 1570. The second kappa shape index (κ2) is 9.21. The first-order valence-corrected chi connectivity index (χ1v) is 11.9. The lowest BCUT2D eigenvalue weighted by atomic mass is 10.2. The van der Waals surface area contributed by atoms with Gasteiger partial charge in [-0.25, -0.2) is 24.9 Å². The van der Waals surface area contributed by atoms with E-state index in [0.717, 1.165) is 29.8 Å². The molecule has 0 aliphatic carbocycles. The van der Waals surface area contributed by atoms with Crippen LogP contribution in [-0.2, 0) is 11.8 Å². The number of hydrogen-bond donors (Lipinski definition) is 1. The second-order valence-electron chi connectivity index (χ2n) is 8.63. The van der Waals surface area contributed by atoms with Gasteiger partial charge in [-0.05, 0) is 37.3 Å². The zero-order chi connectivity index (χ0) is 24.6. The van der Waals surface area contributed by atoms with Gasteiger partial charge in [0.2, 0.25) is 5.95 Å². The van der Waals surface area contributed by atoms with Gasteiger partial charge in [-0.15, -0.1) is 0 Å². The number of fused-ring (bicyclic) bond motifs is 2. The van der Waals surface area contributed by atoms with Gasteiger partial charge in [0.05, 0.1) is 41.3 Å². The summed E-state index contributed by atoms with van der Waals surface area (Å²) in [4.78, 5) is 24.5. The Morgan fingerprint density at radius 2 is 2.00 bits per heavy atom. The number of aromatic nitrogens is 6. The minimum absolute atomic E-state index is 0.122. The minimum Gasteiger partial charge on any atom is -0.456 e. The molecular weight excluding hydrogens is 480 g/mol. The maximum Gasteiger partial charge on any atom is 0.226 e. The van der Waals surface area contributed by atoms with Crippen LogP contribution in [0.4, 0.5) is 17.5 Å². The van der Waals surface area contributed by atoms with Crippen molar-refractivity contribution >= 4 is 51.1 Å². The molecule has 11 heteroatoms. The van der Waals surface area contributed by atoms with Crippen molar-refractivity contribution in [3.63, 3.8) is 0 Å². The van der Waals surface area contributed by atoms with E-state index >= 15 is 0 Å². The zero-order valence-electron chi connectivity index (χ0n) is 19.7. The van der Waals surface area contributed by atoms with Crippen LogP contribution in [0.1, 0.15) is 6.92 Å². The Labute approximate surface area is 211 Å². The lowest BCUT2D eigenvalue weighted by molar-refractivity contribution is 0.0526. The summed E-state index contributed by atoms with van der Waals surface area (Å²) in [6.07, 6.45) is 5.09. The molecule has 182 valence electrons. The average molecular weight is 503 g/mol. The van der Waals surface area contributed by atoms with Crippen LogP contribution in [0.15, 0.2) is 55.2 Å². The molecule has 3 aromatic heterocycles. The van der Waals surface area contributed by atoms with E-state index in [2.05, 4.69) is 30.2 Å². The number of rotatable bonds is 5. The summed E-state index contributed by atoms with van der Waals surface area (Å²) in [5, 5.41) is 3.76. The van der Waals surface area contributed by atoms with Gasteiger partial charge in [0.15, 0.2) is 5.82 Å². The number of benzene rings is 2. The summed E-state index contributed by atoms with van der Waals surface area (Å²) in [7, 11) is 1.95. The highest BCUT2D eigenvalue weighted by molar-refractivity contribution is 6.32. The highest BCUT2D eigenvalue weighted by Crippen LogP contribution is 2.34. The lowest BCUT2D eigenvalue weighted by Crippen LogP contribution is -2.42. The molecule has 0 saturated carbocycles. The molecule has 1 aliphatic rings. The van der Waals surface area contributed by atoms with Crippen LogP contribution in [-0.4, -0.2) is 55.3 Å². The smallest absolute Gasteiger partial charge is 0.226 e. The molecule has 1 aliphatic heterocycles. The molecule has 0 spiro atoms. The van der Waals surface area contributed by atoms with Crippen LogP contribution in [0.25, 0.3) is 22.1 Å². The molecular formula is C25H23ClN8O2. The van der Waals surface area contributed by atoms with Crippen molar-refractivity contribution in [3.8, 4) is 11.5 Å². The molecule has 10 nitrogen and oxygen atoms in total. The molecule has 0 bridgehead atoms. The summed E-state index contributed by atoms with van der Waals surface area (Å²) < 4.78 is 13.6. The maximum absolute atomic E-state index is 6.56. The largest absolute Gasteiger partial charge is 0.456 e. The standard InChI is InChI=1S/C25H23ClN8O2/c1-15-12-34(7-8-35-15)25-27-11-20-23(32-25)24(29-13-28-20)31-16-3-6-22(18(26)9-16)36-17-4-5-21-19(10-17)30-14-33(21)2/h3-6,9-11,13-15H,7-8,12H2,1-2H3,(H,28,29,31)/t15-/m0/s1. The monoisotopic (exact) mass is 502 g/mol. The molecule has 2 aromatic carbocycles. The molecule has 5 aromatic rings. The van der Waals surface area contributed by atoms with Crippen LogP contribution in [0, 0.1) is 0 Å². The van der Waals surface area contributed by atoms with E-state index in [1.165, 1.54) is 6.33 Å². The van der Waals surface area contributed by atoms with Crippen LogP contribution >= 0.6 is 11.6 Å². The van der Waals surface area contributed by atoms with Crippen molar-refractivity contribution < 1.29 is 9.47 Å². The van der Waals surface area contributed by atoms with Gasteiger partial charge < -0.3 is 24.3 Å². The second-order valence-corrected chi connectivity index (χ2v) is 9.04. The summed E-state index contributed by atoms with van der Waals surface area (Å²) in [5.41, 5.74) is 3.90. The molecule has 0 radical (unpaired) electrons. The number of nitrogens with zero attached hydrogens (tertiary/aromatic N) is 7. The molecule has 1 N–H and O–H groups in total. The summed E-state index contributed by atoms with van der Waals surface area (Å²) in [6.45, 7) is 4.14. The van der Waals surface area contributed by atoms with Crippen LogP contribution in [0.3, 0.4) is 0 Å². The molecule has 1 saturated heterocycles. The van der Waals surface area contributed by atoms with Crippen molar-refractivity contribution in [2.75, 3.05) is 29.9 Å². The van der Waals surface area contributed by atoms with Crippen molar-refractivity contribution in [2.24, 2.45) is 7.05 Å². The van der Waals surface area contributed by atoms with Crippen molar-refractivity contribution in [1.29, 1.82) is 0 Å². The van der Waals surface area contributed by atoms with Crippen molar-refractivity contribution in [3.05, 3.63) is 60.3 Å². The van der Waals surface area contributed by atoms with Gasteiger partial charge >= 0.3 is 0 Å². The van der Waals surface area contributed by atoms with Gasteiger partial charge in [-0.1, -0.05) is 11.6 Å². The fourth-order valence-electron chi connectivity index (χ4n) is 4.19. The summed E-state index contributed by atoms with van der Waals surface area (Å²) in [5.74, 6) is 2.39. The first-order valence-electron chi connectivity index (χ1n) is 11.5. The normalized spacial score (nSPS) is 16.0. The van der Waals surface area contributed by atoms with E-state index in [9.17, 15) is 0 Å². The number of anilines is 3. The lowest BCUT2D eigenvalue weighted by Gasteiger charge is -2.31. The summed E-state index contributed by atoms with van der Waals surface area (Å²) >= 11 is 6.56. The highest BCUT2D eigenvalue weighted by atomic mass is 35.5. The Morgan fingerprint density at radius 1 is 1.08 bits per heavy atom. The molecule has 6 rings (SSSR count). The Hall–Kier alpha value is -4.02. The Balaban J connectivity index is 1.25. The third kappa shape index (κ3) is 4.36. The number of hydrogen-bond acceptors (Lipinski definition) is 9. The van der Waals surface area contributed by atoms with Gasteiger partial charge in [0.1, 0.15) is 28.9 Å². The fourth-order valence-corrected chi connectivity index (χ4v) is 4.41. The fraction of sp³-hybridized carbons (Fsp3) is 0.240. The Kier molecular flexibility index (Phi) is 5.74. The first kappa shape index (κ1) is 22.4. The van der Waals surface area contributed by atoms with E-state index in [0.29, 0.717) is 45.9 Å². The maximum atomic E-state index is 6.56.